The molecule has 1 N–H and O–H groups in total. The number of halogens is 2. The molecule has 0 amide bonds. The van der Waals surface area contributed by atoms with Crippen molar-refractivity contribution in [2.75, 3.05) is 13.7 Å². The zero-order chi connectivity index (χ0) is 13.2. The maximum Gasteiger partial charge on any atom is 0.147 e. The van der Waals surface area contributed by atoms with Crippen LogP contribution in [0.3, 0.4) is 0 Å². The highest BCUT2D eigenvalue weighted by molar-refractivity contribution is 9.11. The minimum Gasteiger partial charge on any atom is -0.494 e. The lowest BCUT2D eigenvalue weighted by Crippen LogP contribution is -2.23. The lowest BCUT2D eigenvalue weighted by Gasteiger charge is -2.14. The molecule has 18 heavy (non-hydrogen) atoms. The van der Waals surface area contributed by atoms with Crippen molar-refractivity contribution >= 4 is 31.9 Å². The van der Waals surface area contributed by atoms with Gasteiger partial charge in [0.2, 0.25) is 0 Å². The Labute approximate surface area is 126 Å². The first-order chi connectivity index (χ1) is 8.60. The van der Waals surface area contributed by atoms with Gasteiger partial charge >= 0.3 is 0 Å². The van der Waals surface area contributed by atoms with E-state index in [2.05, 4.69) is 56.2 Å². The van der Waals surface area contributed by atoms with Crippen LogP contribution in [0.25, 0.3) is 0 Å². The van der Waals surface area contributed by atoms with Crippen LogP contribution in [0.4, 0.5) is 0 Å². The van der Waals surface area contributed by atoms with Crippen molar-refractivity contribution in [2.45, 2.75) is 32.7 Å². The Morgan fingerprint density at radius 3 is 2.33 bits per heavy atom. The second-order valence-electron chi connectivity index (χ2n) is 5.05. The molecular formula is C14H19Br2NO. The van der Waals surface area contributed by atoms with E-state index in [-0.39, 0.29) is 0 Å². The molecule has 0 atom stereocenters. The fourth-order valence-corrected chi connectivity index (χ4v) is 3.82. The van der Waals surface area contributed by atoms with Crippen LogP contribution in [-0.2, 0) is 6.54 Å². The molecular weight excluding hydrogens is 358 g/mol. The van der Waals surface area contributed by atoms with Gasteiger partial charge in [-0.1, -0.05) is 6.92 Å². The van der Waals surface area contributed by atoms with E-state index in [1.165, 1.54) is 24.8 Å². The Morgan fingerprint density at radius 1 is 1.28 bits per heavy atom. The summed E-state index contributed by atoms with van der Waals surface area (Å²) < 4.78 is 7.29. The Morgan fingerprint density at radius 2 is 1.89 bits per heavy atom. The molecule has 1 aliphatic rings. The number of hydrogen-bond donors (Lipinski definition) is 1. The molecule has 0 heterocycles. The van der Waals surface area contributed by atoms with Crippen LogP contribution in [0, 0.1) is 5.41 Å². The predicted octanol–water partition coefficient (Wildman–Crippen LogP) is 4.50. The third kappa shape index (κ3) is 3.28. The highest BCUT2D eigenvalue weighted by Gasteiger charge is 2.39. The normalized spacial score (nSPS) is 16.7. The van der Waals surface area contributed by atoms with Crippen molar-refractivity contribution in [3.05, 3.63) is 26.6 Å². The summed E-state index contributed by atoms with van der Waals surface area (Å²) >= 11 is 7.07. The van der Waals surface area contributed by atoms with E-state index in [0.717, 1.165) is 27.8 Å². The van der Waals surface area contributed by atoms with Gasteiger partial charge in [-0.15, -0.1) is 0 Å². The van der Waals surface area contributed by atoms with Crippen molar-refractivity contribution in [2.24, 2.45) is 5.41 Å². The number of rotatable bonds is 6. The lowest BCUT2D eigenvalue weighted by atomic mass is 10.0. The molecule has 2 rings (SSSR count). The van der Waals surface area contributed by atoms with E-state index in [9.17, 15) is 0 Å². The summed E-state index contributed by atoms with van der Waals surface area (Å²) in [6.07, 6.45) is 4.05. The van der Waals surface area contributed by atoms with Gasteiger partial charge in [-0.2, -0.15) is 0 Å². The SMILES string of the molecule is CCC1(CNCc2cc(Br)c(OC)c(Br)c2)CC1. The number of hydrogen-bond acceptors (Lipinski definition) is 2. The van der Waals surface area contributed by atoms with E-state index in [4.69, 9.17) is 4.74 Å². The van der Waals surface area contributed by atoms with Gasteiger partial charge < -0.3 is 10.1 Å². The maximum absolute atomic E-state index is 5.30. The monoisotopic (exact) mass is 375 g/mol. The number of ether oxygens (including phenoxy) is 1. The standard InChI is InChI=1S/C14H19Br2NO/c1-3-14(4-5-14)9-17-8-10-6-11(15)13(18-2)12(16)7-10/h6-7,17H,3-5,8-9H2,1-2H3. The molecule has 100 valence electrons. The van der Waals surface area contributed by atoms with Crippen molar-refractivity contribution in [3.63, 3.8) is 0 Å². The molecule has 0 spiro atoms. The molecule has 0 bridgehead atoms. The fraction of sp³-hybridized carbons (Fsp3) is 0.571. The molecule has 4 heteroatoms. The van der Waals surface area contributed by atoms with Gasteiger partial charge in [0.1, 0.15) is 5.75 Å². The van der Waals surface area contributed by atoms with Gasteiger partial charge in [0.05, 0.1) is 16.1 Å². The third-order valence-electron chi connectivity index (χ3n) is 3.80. The molecule has 0 saturated heterocycles. The van der Waals surface area contributed by atoms with Crippen LogP contribution in [0.15, 0.2) is 21.1 Å². The van der Waals surface area contributed by atoms with Gasteiger partial charge in [0.25, 0.3) is 0 Å². The molecule has 1 saturated carbocycles. The van der Waals surface area contributed by atoms with Gasteiger partial charge in [0.15, 0.2) is 0 Å². The van der Waals surface area contributed by atoms with E-state index in [0.29, 0.717) is 5.41 Å². The van der Waals surface area contributed by atoms with Gasteiger partial charge in [-0.3, -0.25) is 0 Å². The smallest absolute Gasteiger partial charge is 0.147 e. The molecule has 0 aromatic heterocycles. The molecule has 2 nitrogen and oxygen atoms in total. The number of nitrogens with one attached hydrogen (secondary N) is 1. The highest BCUT2D eigenvalue weighted by atomic mass is 79.9. The maximum atomic E-state index is 5.30. The van der Waals surface area contributed by atoms with E-state index >= 15 is 0 Å². The van der Waals surface area contributed by atoms with Crippen LogP contribution in [0.1, 0.15) is 31.7 Å². The minimum absolute atomic E-state index is 0.598. The highest BCUT2D eigenvalue weighted by Crippen LogP contribution is 2.47. The van der Waals surface area contributed by atoms with Crippen molar-refractivity contribution < 1.29 is 4.74 Å². The summed E-state index contributed by atoms with van der Waals surface area (Å²) in [5.41, 5.74) is 1.86. The zero-order valence-electron chi connectivity index (χ0n) is 10.9. The summed E-state index contributed by atoms with van der Waals surface area (Å²) in [6, 6.07) is 4.23. The second-order valence-corrected chi connectivity index (χ2v) is 6.76. The fourth-order valence-electron chi connectivity index (χ4n) is 2.21. The average molecular weight is 377 g/mol. The molecule has 1 aliphatic carbocycles. The van der Waals surface area contributed by atoms with Crippen LogP contribution in [0.5, 0.6) is 5.75 Å². The quantitative estimate of drug-likeness (QED) is 0.789. The topological polar surface area (TPSA) is 21.3 Å². The van der Waals surface area contributed by atoms with Gasteiger partial charge in [-0.05, 0) is 74.2 Å². The third-order valence-corrected chi connectivity index (χ3v) is 4.98. The average Bonchev–Trinajstić information content (AvgIpc) is 3.09. The summed E-state index contributed by atoms with van der Waals surface area (Å²) in [7, 11) is 1.68. The largest absolute Gasteiger partial charge is 0.494 e. The van der Waals surface area contributed by atoms with Crippen LogP contribution in [-0.4, -0.2) is 13.7 Å². The van der Waals surface area contributed by atoms with Crippen LogP contribution >= 0.6 is 31.9 Å². The van der Waals surface area contributed by atoms with E-state index in [1.807, 2.05) is 0 Å². The first-order valence-corrected chi connectivity index (χ1v) is 7.91. The molecule has 1 aromatic carbocycles. The van der Waals surface area contributed by atoms with E-state index in [1.54, 1.807) is 7.11 Å². The van der Waals surface area contributed by atoms with Crippen LogP contribution < -0.4 is 10.1 Å². The van der Waals surface area contributed by atoms with Gasteiger partial charge in [0, 0.05) is 13.1 Å². The second kappa shape index (κ2) is 5.93. The number of benzene rings is 1. The molecule has 0 radical (unpaired) electrons. The first kappa shape index (κ1) is 14.4. The summed E-state index contributed by atoms with van der Waals surface area (Å²) in [5.74, 6) is 0.853. The van der Waals surface area contributed by atoms with Crippen molar-refractivity contribution in [3.8, 4) is 5.75 Å². The Kier molecular flexibility index (Phi) is 4.73. The van der Waals surface area contributed by atoms with Crippen molar-refractivity contribution in [1.82, 2.24) is 5.32 Å². The summed E-state index contributed by atoms with van der Waals surface area (Å²) in [5, 5.41) is 3.56. The molecule has 0 aliphatic heterocycles. The minimum atomic E-state index is 0.598. The Balaban J connectivity index is 1.93. The molecule has 0 unspecified atom stereocenters. The summed E-state index contributed by atoms with van der Waals surface area (Å²) in [4.78, 5) is 0. The number of methoxy groups -OCH3 is 1. The van der Waals surface area contributed by atoms with E-state index < -0.39 is 0 Å². The zero-order valence-corrected chi connectivity index (χ0v) is 14.0. The van der Waals surface area contributed by atoms with Gasteiger partial charge in [-0.25, -0.2) is 0 Å². The Hall–Kier alpha value is -0.0600. The summed E-state index contributed by atoms with van der Waals surface area (Å²) in [6.45, 7) is 4.32. The molecule has 1 aromatic rings. The van der Waals surface area contributed by atoms with Crippen molar-refractivity contribution in [1.29, 1.82) is 0 Å². The Bertz CT molecular complexity index is 407. The predicted molar refractivity (Wildman–Crippen MR) is 82.1 cm³/mol. The lowest BCUT2D eigenvalue weighted by molar-refractivity contribution is 0.409. The first-order valence-electron chi connectivity index (χ1n) is 6.33. The van der Waals surface area contributed by atoms with Crippen LogP contribution in [0.2, 0.25) is 0 Å². The molecule has 1 fully saturated rings.